The predicted molar refractivity (Wildman–Crippen MR) is 248 cm³/mol. The fraction of sp³-hybridized carbons (Fsp3) is 0.510. The Morgan fingerprint density at radius 2 is 1.31 bits per heavy atom. The van der Waals surface area contributed by atoms with Crippen LogP contribution in [0.4, 0.5) is 5.69 Å². The number of carbonyl (C=O) groups is 7. The van der Waals surface area contributed by atoms with Crippen LogP contribution < -0.4 is 36.6 Å². The third-order valence-corrected chi connectivity index (χ3v) is 10.6. The zero-order chi connectivity index (χ0) is 47.7. The van der Waals surface area contributed by atoms with E-state index >= 15 is 0 Å². The van der Waals surface area contributed by atoms with Crippen LogP contribution in [0.1, 0.15) is 98.6 Å². The molecule has 4 rings (SSSR count). The van der Waals surface area contributed by atoms with Crippen LogP contribution in [-0.4, -0.2) is 100 Å². The molecule has 16 heteroatoms. The average molecular weight is 897 g/mol. The molecule has 0 saturated carbocycles. The lowest BCUT2D eigenvalue weighted by Gasteiger charge is -2.27. The SMILES string of the molecule is CC(=O)N1CCC[C@H]1C(=O)N[C@@H](CC(C)C)C(=O)NCC(=O)N[C@@H](CCc1ccccc1)C(=O)N[C@@H](Cc1ccc(OC(C)(C)C)cc1)C(=O)N[C@@H](CC(C)C)C(=O)Nc1ccncc1. The van der Waals surface area contributed by atoms with Gasteiger partial charge in [-0.05, 0) is 107 Å². The van der Waals surface area contributed by atoms with E-state index in [4.69, 9.17) is 4.74 Å². The summed E-state index contributed by atoms with van der Waals surface area (Å²) >= 11 is 0. The number of amides is 7. The Balaban J connectivity index is 1.55. The van der Waals surface area contributed by atoms with Gasteiger partial charge in [-0.25, -0.2) is 0 Å². The molecule has 0 radical (unpaired) electrons. The molecule has 0 bridgehead atoms. The summed E-state index contributed by atoms with van der Waals surface area (Å²) in [6.07, 6.45) is 5.41. The standard InChI is InChI=1S/C49H68N8O8/c1-31(2)27-39(56-48(64)42-15-12-26-57(42)33(5)58)44(60)51-30-43(59)53-38(21-18-34-13-10-9-11-14-34)45(61)55-41(29-35-16-19-37(20-17-35)65-49(6,7)8)47(63)54-40(28-32(3)4)46(62)52-36-22-24-50-25-23-36/h9-11,13-14,16-17,19-20,22-25,31-32,38-42H,12,15,18,21,26-30H2,1-8H3,(H,51,60)(H,53,59)(H,54,63)(H,55,61)(H,56,64)(H,50,52,62)/t38-,39-,40-,41-,42-/m0/s1. The molecule has 6 N–H and O–H groups in total. The molecule has 1 aliphatic heterocycles. The van der Waals surface area contributed by atoms with Crippen LogP contribution in [-0.2, 0) is 46.4 Å². The number of likely N-dealkylation sites (tertiary alicyclic amines) is 1. The zero-order valence-corrected chi connectivity index (χ0v) is 39.1. The number of anilines is 1. The minimum absolute atomic E-state index is 0.00906. The van der Waals surface area contributed by atoms with Gasteiger partial charge in [-0.1, -0.05) is 70.2 Å². The van der Waals surface area contributed by atoms with E-state index < -0.39 is 77.8 Å². The van der Waals surface area contributed by atoms with Gasteiger partial charge in [-0.2, -0.15) is 0 Å². The van der Waals surface area contributed by atoms with E-state index in [0.717, 1.165) is 5.56 Å². The molecule has 0 aliphatic carbocycles. The van der Waals surface area contributed by atoms with Gasteiger partial charge in [0.1, 0.15) is 41.6 Å². The zero-order valence-electron chi connectivity index (χ0n) is 39.1. The van der Waals surface area contributed by atoms with Crippen molar-refractivity contribution in [1.29, 1.82) is 0 Å². The highest BCUT2D eigenvalue weighted by molar-refractivity contribution is 5.99. The van der Waals surface area contributed by atoms with E-state index in [1.807, 2.05) is 78.8 Å². The highest BCUT2D eigenvalue weighted by atomic mass is 16.5. The Bertz CT molecular complexity index is 2060. The molecule has 1 saturated heterocycles. The van der Waals surface area contributed by atoms with Crippen molar-refractivity contribution in [1.82, 2.24) is 36.5 Å². The molecule has 65 heavy (non-hydrogen) atoms. The number of nitrogens with zero attached hydrogens (tertiary/aromatic N) is 2. The quantitative estimate of drug-likeness (QED) is 0.0850. The molecule has 5 atom stereocenters. The fourth-order valence-corrected chi connectivity index (χ4v) is 7.55. The molecule has 352 valence electrons. The van der Waals surface area contributed by atoms with E-state index in [2.05, 4.69) is 36.9 Å². The van der Waals surface area contributed by atoms with Crippen LogP contribution in [0.2, 0.25) is 0 Å². The Hall–Kier alpha value is -6.32. The van der Waals surface area contributed by atoms with Gasteiger partial charge in [-0.15, -0.1) is 0 Å². The molecule has 7 amide bonds. The van der Waals surface area contributed by atoms with E-state index in [-0.39, 0.29) is 37.0 Å². The summed E-state index contributed by atoms with van der Waals surface area (Å²) in [5.74, 6) is -2.94. The first-order valence-corrected chi connectivity index (χ1v) is 22.6. The highest BCUT2D eigenvalue weighted by Crippen LogP contribution is 2.21. The van der Waals surface area contributed by atoms with E-state index in [9.17, 15) is 33.6 Å². The van der Waals surface area contributed by atoms with Crippen LogP contribution in [0.5, 0.6) is 5.75 Å². The van der Waals surface area contributed by atoms with Crippen molar-refractivity contribution in [2.24, 2.45) is 11.8 Å². The third-order valence-electron chi connectivity index (χ3n) is 10.6. The lowest BCUT2D eigenvalue weighted by atomic mass is 10.00. The maximum Gasteiger partial charge on any atom is 0.246 e. The second-order valence-electron chi connectivity index (χ2n) is 18.5. The fourth-order valence-electron chi connectivity index (χ4n) is 7.55. The number of ether oxygens (including phenoxy) is 1. The first-order valence-electron chi connectivity index (χ1n) is 22.6. The predicted octanol–water partition coefficient (Wildman–Crippen LogP) is 4.23. The molecule has 1 aromatic heterocycles. The number of hydrogen-bond acceptors (Lipinski definition) is 9. The van der Waals surface area contributed by atoms with Gasteiger partial charge in [0.25, 0.3) is 0 Å². The van der Waals surface area contributed by atoms with Crippen LogP contribution >= 0.6 is 0 Å². The Kier molecular flexibility index (Phi) is 19.5. The number of nitrogens with one attached hydrogen (secondary N) is 6. The monoisotopic (exact) mass is 897 g/mol. The van der Waals surface area contributed by atoms with E-state index in [0.29, 0.717) is 49.2 Å². The smallest absolute Gasteiger partial charge is 0.246 e. The van der Waals surface area contributed by atoms with E-state index in [1.165, 1.54) is 11.8 Å². The number of pyridine rings is 1. The average Bonchev–Trinajstić information content (AvgIpc) is 3.75. The Morgan fingerprint density at radius 3 is 1.91 bits per heavy atom. The normalized spacial score (nSPS) is 15.5. The van der Waals surface area contributed by atoms with Crippen molar-refractivity contribution < 1.29 is 38.3 Å². The van der Waals surface area contributed by atoms with Crippen molar-refractivity contribution in [3.63, 3.8) is 0 Å². The van der Waals surface area contributed by atoms with Crippen molar-refractivity contribution >= 4 is 47.0 Å². The highest BCUT2D eigenvalue weighted by Gasteiger charge is 2.35. The summed E-state index contributed by atoms with van der Waals surface area (Å²) in [7, 11) is 0. The lowest BCUT2D eigenvalue weighted by Crippen LogP contribution is -2.58. The van der Waals surface area contributed by atoms with Gasteiger partial charge in [0, 0.05) is 38.0 Å². The van der Waals surface area contributed by atoms with Crippen molar-refractivity contribution in [3.8, 4) is 5.75 Å². The summed E-state index contributed by atoms with van der Waals surface area (Å²) in [4.78, 5) is 100. The second kappa shape index (κ2) is 24.7. The van der Waals surface area contributed by atoms with Gasteiger partial charge in [0.2, 0.25) is 41.4 Å². The second-order valence-corrected chi connectivity index (χ2v) is 18.5. The van der Waals surface area contributed by atoms with Crippen LogP contribution in [0, 0.1) is 11.8 Å². The Morgan fingerprint density at radius 1 is 0.708 bits per heavy atom. The first kappa shape index (κ1) is 51.3. The van der Waals surface area contributed by atoms with Crippen LogP contribution in [0.3, 0.4) is 0 Å². The summed E-state index contributed by atoms with van der Waals surface area (Å²) in [6, 6.07) is 14.9. The molecule has 16 nitrogen and oxygen atoms in total. The Labute approximate surface area is 383 Å². The van der Waals surface area contributed by atoms with Gasteiger partial charge in [-0.3, -0.25) is 38.5 Å². The van der Waals surface area contributed by atoms with Crippen molar-refractivity contribution in [2.45, 2.75) is 136 Å². The molecule has 3 aromatic rings. The number of hydrogen-bond donors (Lipinski definition) is 6. The summed E-state index contributed by atoms with van der Waals surface area (Å²) in [6.45, 7) is 14.8. The topological polar surface area (TPSA) is 217 Å². The van der Waals surface area contributed by atoms with Crippen LogP contribution in [0.25, 0.3) is 0 Å². The first-order chi connectivity index (χ1) is 30.8. The number of rotatable bonds is 22. The minimum Gasteiger partial charge on any atom is -0.488 e. The maximum absolute atomic E-state index is 14.4. The van der Waals surface area contributed by atoms with Crippen LogP contribution in [0.15, 0.2) is 79.1 Å². The molecule has 0 unspecified atom stereocenters. The van der Waals surface area contributed by atoms with Gasteiger partial charge in [0.05, 0.1) is 6.54 Å². The lowest BCUT2D eigenvalue weighted by molar-refractivity contribution is -0.138. The number of carbonyl (C=O) groups excluding carboxylic acids is 7. The summed E-state index contributed by atoms with van der Waals surface area (Å²) in [5.41, 5.74) is 1.68. The molecule has 2 aromatic carbocycles. The molecule has 0 spiro atoms. The van der Waals surface area contributed by atoms with Gasteiger partial charge in [0.15, 0.2) is 0 Å². The van der Waals surface area contributed by atoms with Crippen molar-refractivity contribution in [3.05, 3.63) is 90.3 Å². The third kappa shape index (κ3) is 17.6. The molecular weight excluding hydrogens is 829 g/mol. The van der Waals surface area contributed by atoms with Gasteiger partial charge >= 0.3 is 0 Å². The summed E-state index contributed by atoms with van der Waals surface area (Å²) in [5, 5.41) is 16.8. The summed E-state index contributed by atoms with van der Waals surface area (Å²) < 4.78 is 5.99. The largest absolute Gasteiger partial charge is 0.488 e. The number of aryl methyl sites for hydroxylation is 1. The number of benzene rings is 2. The maximum atomic E-state index is 14.4. The molecular formula is C49H68N8O8. The van der Waals surface area contributed by atoms with E-state index in [1.54, 1.807) is 48.8 Å². The molecule has 1 aliphatic rings. The van der Waals surface area contributed by atoms with Gasteiger partial charge < -0.3 is 41.5 Å². The minimum atomic E-state index is -1.18. The molecule has 1 fully saturated rings. The molecule has 2 heterocycles. The number of aromatic nitrogens is 1. The van der Waals surface area contributed by atoms with Crippen molar-refractivity contribution in [2.75, 3.05) is 18.4 Å².